The Bertz CT molecular complexity index is 440. The number of nitrogens with zero attached hydrogens (tertiary/aromatic N) is 2. The van der Waals surface area contributed by atoms with E-state index in [9.17, 15) is 4.79 Å². The minimum atomic E-state index is -0.467. The lowest BCUT2D eigenvalue weighted by atomic mass is 10.2. The molecule has 0 atom stereocenters. The van der Waals surface area contributed by atoms with Gasteiger partial charge in [-0.05, 0) is 37.8 Å². The highest BCUT2D eigenvalue weighted by Gasteiger charge is 2.07. The van der Waals surface area contributed by atoms with Gasteiger partial charge in [0.15, 0.2) is 5.69 Å². The van der Waals surface area contributed by atoms with Crippen LogP contribution in [0.2, 0.25) is 0 Å². The minimum absolute atomic E-state index is 0.224. The largest absolute Gasteiger partial charge is 0.464 e. The van der Waals surface area contributed by atoms with Gasteiger partial charge in [-0.15, -0.1) is 10.2 Å². The molecule has 1 aromatic heterocycles. The second-order valence-corrected chi connectivity index (χ2v) is 4.23. The number of allylic oxidation sites excluding steroid dienone is 1. The molecule has 0 saturated carbocycles. The summed E-state index contributed by atoms with van der Waals surface area (Å²) in [5, 5.41) is 10.9. The number of esters is 1. The number of carbonyl (C=O) groups excluding carboxylic acids is 1. The van der Waals surface area contributed by atoms with Gasteiger partial charge in [-0.25, -0.2) is 4.79 Å². The molecule has 1 aromatic rings. The molecule has 2 rings (SSSR count). The molecular formula is C13H17N3O2. The third kappa shape index (κ3) is 3.29. The third-order valence-corrected chi connectivity index (χ3v) is 2.95. The summed E-state index contributed by atoms with van der Waals surface area (Å²) in [5.74, 6) is 0.214. The summed E-state index contributed by atoms with van der Waals surface area (Å²) in [5.41, 5.74) is 1.74. The Balaban J connectivity index is 1.81. The predicted octanol–water partition coefficient (Wildman–Crippen LogP) is 2.18. The zero-order valence-corrected chi connectivity index (χ0v) is 10.5. The standard InChI is InChI=1S/C13H17N3O2/c1-18-13(17)11-6-7-12(16-15-11)14-9-8-10-4-2-3-5-10/h4,6-7H,2-3,5,8-9H2,1H3,(H,14,16). The molecule has 0 aromatic carbocycles. The minimum Gasteiger partial charge on any atom is -0.464 e. The number of rotatable bonds is 5. The zero-order chi connectivity index (χ0) is 12.8. The van der Waals surface area contributed by atoms with Crippen LogP contribution >= 0.6 is 0 Å². The van der Waals surface area contributed by atoms with Gasteiger partial charge >= 0.3 is 5.97 Å². The van der Waals surface area contributed by atoms with Gasteiger partial charge in [-0.1, -0.05) is 11.6 Å². The van der Waals surface area contributed by atoms with Crippen molar-refractivity contribution in [3.8, 4) is 0 Å². The van der Waals surface area contributed by atoms with E-state index in [1.54, 1.807) is 12.1 Å². The van der Waals surface area contributed by atoms with Gasteiger partial charge in [-0.3, -0.25) is 0 Å². The fourth-order valence-corrected chi connectivity index (χ4v) is 1.96. The zero-order valence-electron chi connectivity index (χ0n) is 10.5. The van der Waals surface area contributed by atoms with E-state index in [0.717, 1.165) is 13.0 Å². The number of hydrogen-bond acceptors (Lipinski definition) is 5. The molecule has 0 unspecified atom stereocenters. The molecule has 0 amide bonds. The number of anilines is 1. The summed E-state index contributed by atoms with van der Waals surface area (Å²) in [7, 11) is 1.32. The number of methoxy groups -OCH3 is 1. The molecule has 0 saturated heterocycles. The van der Waals surface area contributed by atoms with Crippen LogP contribution in [0.5, 0.6) is 0 Å². The van der Waals surface area contributed by atoms with E-state index in [2.05, 4.69) is 26.3 Å². The van der Waals surface area contributed by atoms with Crippen molar-refractivity contribution in [1.82, 2.24) is 10.2 Å². The van der Waals surface area contributed by atoms with Gasteiger partial charge in [0.25, 0.3) is 0 Å². The SMILES string of the molecule is COC(=O)c1ccc(NCCC2=CCCC2)nn1. The van der Waals surface area contributed by atoms with E-state index in [4.69, 9.17) is 0 Å². The predicted molar refractivity (Wildman–Crippen MR) is 68.4 cm³/mol. The van der Waals surface area contributed by atoms with Gasteiger partial charge in [-0.2, -0.15) is 0 Å². The molecule has 0 radical (unpaired) electrons. The smallest absolute Gasteiger partial charge is 0.358 e. The van der Waals surface area contributed by atoms with Crippen LogP contribution < -0.4 is 5.32 Å². The summed E-state index contributed by atoms with van der Waals surface area (Å²) in [4.78, 5) is 11.2. The highest BCUT2D eigenvalue weighted by molar-refractivity contribution is 5.86. The molecule has 0 spiro atoms. The number of aromatic nitrogens is 2. The van der Waals surface area contributed by atoms with E-state index in [0.29, 0.717) is 5.82 Å². The summed E-state index contributed by atoms with van der Waals surface area (Å²) in [6.07, 6.45) is 7.06. The first-order valence-corrected chi connectivity index (χ1v) is 6.13. The molecule has 5 heteroatoms. The first-order valence-electron chi connectivity index (χ1n) is 6.13. The topological polar surface area (TPSA) is 64.1 Å². The van der Waals surface area contributed by atoms with Crippen molar-refractivity contribution in [3.05, 3.63) is 29.5 Å². The Morgan fingerprint density at radius 3 is 2.94 bits per heavy atom. The molecule has 96 valence electrons. The monoisotopic (exact) mass is 247 g/mol. The van der Waals surface area contributed by atoms with Crippen LogP contribution in [0, 0.1) is 0 Å². The highest BCUT2D eigenvalue weighted by Crippen LogP contribution is 2.20. The van der Waals surface area contributed by atoms with Crippen LogP contribution in [0.25, 0.3) is 0 Å². The lowest BCUT2D eigenvalue weighted by Gasteiger charge is -2.05. The van der Waals surface area contributed by atoms with Crippen molar-refractivity contribution in [2.24, 2.45) is 0 Å². The quantitative estimate of drug-likeness (QED) is 0.638. The maximum Gasteiger partial charge on any atom is 0.358 e. The van der Waals surface area contributed by atoms with Gasteiger partial charge in [0, 0.05) is 6.54 Å². The van der Waals surface area contributed by atoms with Crippen molar-refractivity contribution in [2.75, 3.05) is 19.0 Å². The Hall–Kier alpha value is -1.91. The molecule has 0 fully saturated rings. The van der Waals surface area contributed by atoms with E-state index < -0.39 is 5.97 Å². The molecule has 1 aliphatic rings. The van der Waals surface area contributed by atoms with Crippen molar-refractivity contribution < 1.29 is 9.53 Å². The number of nitrogens with one attached hydrogen (secondary N) is 1. The molecular weight excluding hydrogens is 230 g/mol. The number of hydrogen-bond donors (Lipinski definition) is 1. The Morgan fingerprint density at radius 2 is 2.33 bits per heavy atom. The van der Waals surface area contributed by atoms with Crippen molar-refractivity contribution in [3.63, 3.8) is 0 Å². The van der Waals surface area contributed by atoms with Gasteiger partial charge in [0.1, 0.15) is 5.82 Å². The summed E-state index contributed by atoms with van der Waals surface area (Å²) < 4.78 is 4.56. The number of carbonyl (C=O) groups is 1. The van der Waals surface area contributed by atoms with Crippen LogP contribution in [0.3, 0.4) is 0 Å². The maximum absolute atomic E-state index is 11.2. The normalized spacial score (nSPS) is 14.2. The Morgan fingerprint density at radius 1 is 1.44 bits per heavy atom. The van der Waals surface area contributed by atoms with Gasteiger partial charge < -0.3 is 10.1 Å². The van der Waals surface area contributed by atoms with Crippen LogP contribution in [-0.4, -0.2) is 29.8 Å². The molecule has 1 N–H and O–H groups in total. The first-order chi connectivity index (χ1) is 8.79. The van der Waals surface area contributed by atoms with Crippen LogP contribution in [0.1, 0.15) is 36.2 Å². The maximum atomic E-state index is 11.2. The summed E-state index contributed by atoms with van der Waals surface area (Å²) in [6.45, 7) is 0.845. The van der Waals surface area contributed by atoms with Gasteiger partial charge in [0.05, 0.1) is 7.11 Å². The van der Waals surface area contributed by atoms with Crippen LogP contribution in [0.4, 0.5) is 5.82 Å². The van der Waals surface area contributed by atoms with Gasteiger partial charge in [0.2, 0.25) is 0 Å². The average molecular weight is 247 g/mol. The van der Waals surface area contributed by atoms with E-state index in [1.165, 1.54) is 31.9 Å². The second kappa shape index (κ2) is 6.14. The lowest BCUT2D eigenvalue weighted by Crippen LogP contribution is -2.09. The molecule has 5 nitrogen and oxygen atoms in total. The number of ether oxygens (including phenoxy) is 1. The average Bonchev–Trinajstić information content (AvgIpc) is 2.92. The Labute approximate surface area is 106 Å². The Kier molecular flexibility index (Phi) is 4.28. The van der Waals surface area contributed by atoms with E-state index in [-0.39, 0.29) is 5.69 Å². The highest BCUT2D eigenvalue weighted by atomic mass is 16.5. The first kappa shape index (κ1) is 12.5. The molecule has 0 bridgehead atoms. The lowest BCUT2D eigenvalue weighted by molar-refractivity contribution is 0.0593. The van der Waals surface area contributed by atoms with E-state index >= 15 is 0 Å². The van der Waals surface area contributed by atoms with Crippen molar-refractivity contribution in [2.45, 2.75) is 25.7 Å². The fraction of sp³-hybridized carbons (Fsp3) is 0.462. The van der Waals surface area contributed by atoms with Crippen molar-refractivity contribution in [1.29, 1.82) is 0 Å². The van der Waals surface area contributed by atoms with E-state index in [1.807, 2.05) is 0 Å². The fourth-order valence-electron chi connectivity index (χ4n) is 1.96. The second-order valence-electron chi connectivity index (χ2n) is 4.23. The molecule has 18 heavy (non-hydrogen) atoms. The van der Waals surface area contributed by atoms with Crippen LogP contribution in [0.15, 0.2) is 23.8 Å². The summed E-state index contributed by atoms with van der Waals surface area (Å²) in [6, 6.07) is 3.35. The van der Waals surface area contributed by atoms with Crippen LogP contribution in [-0.2, 0) is 4.74 Å². The summed E-state index contributed by atoms with van der Waals surface area (Å²) >= 11 is 0. The molecule has 1 heterocycles. The third-order valence-electron chi connectivity index (χ3n) is 2.95. The molecule has 1 aliphatic carbocycles. The van der Waals surface area contributed by atoms with Crippen molar-refractivity contribution >= 4 is 11.8 Å². The molecule has 0 aliphatic heterocycles.